The topological polar surface area (TPSA) is 65.7 Å². The Morgan fingerprint density at radius 1 is 1.41 bits per heavy atom. The number of rotatable bonds is 5. The highest BCUT2D eigenvalue weighted by molar-refractivity contribution is 14.0. The maximum atomic E-state index is 5.37. The van der Waals surface area contributed by atoms with Crippen molar-refractivity contribution >= 4 is 51.6 Å². The van der Waals surface area contributed by atoms with E-state index in [-0.39, 0.29) is 24.0 Å². The van der Waals surface area contributed by atoms with Crippen LogP contribution >= 0.6 is 39.9 Å². The summed E-state index contributed by atoms with van der Waals surface area (Å²) in [4.78, 5) is 6.72. The van der Waals surface area contributed by atoms with Crippen LogP contribution in [-0.2, 0) is 6.54 Å². The van der Waals surface area contributed by atoms with Gasteiger partial charge >= 0.3 is 0 Å². The normalized spacial score (nSPS) is 17.1. The van der Waals surface area contributed by atoms with Crippen molar-refractivity contribution in [2.24, 2.45) is 4.99 Å². The fourth-order valence-corrected chi connectivity index (χ4v) is 3.58. The van der Waals surface area contributed by atoms with Crippen LogP contribution in [0.3, 0.4) is 0 Å². The minimum absolute atomic E-state index is 0. The molecule has 8 heteroatoms. The molecule has 0 amide bonds. The van der Waals surface area contributed by atoms with Gasteiger partial charge in [0, 0.05) is 36.7 Å². The van der Waals surface area contributed by atoms with Crippen molar-refractivity contribution in [1.29, 1.82) is 0 Å². The number of hydrogen-bond donors (Lipinski definition) is 2. The van der Waals surface area contributed by atoms with E-state index in [0.717, 1.165) is 41.4 Å². The predicted molar refractivity (Wildman–Crippen MR) is 124 cm³/mol. The van der Waals surface area contributed by atoms with E-state index in [0.29, 0.717) is 18.5 Å². The molecule has 1 unspecified atom stereocenters. The lowest BCUT2D eigenvalue weighted by Crippen LogP contribution is -2.44. The van der Waals surface area contributed by atoms with Gasteiger partial charge in [-0.1, -0.05) is 31.1 Å². The molecule has 6 nitrogen and oxygen atoms in total. The number of hydrogen-bond acceptors (Lipinski definition) is 4. The highest BCUT2D eigenvalue weighted by atomic mass is 127. The molecule has 0 saturated carbocycles. The smallest absolute Gasteiger partial charge is 0.191 e. The molecule has 0 aliphatic carbocycles. The number of aromatic nitrogens is 1. The summed E-state index contributed by atoms with van der Waals surface area (Å²) in [6.07, 6.45) is 1.07. The molecule has 1 aliphatic heterocycles. The zero-order valence-corrected chi connectivity index (χ0v) is 19.8. The second-order valence-corrected chi connectivity index (χ2v) is 7.68. The molecule has 1 aromatic carbocycles. The van der Waals surface area contributed by atoms with Gasteiger partial charge in [0.1, 0.15) is 0 Å². The first-order chi connectivity index (χ1) is 12.6. The molecule has 2 aromatic rings. The average molecular weight is 548 g/mol. The summed E-state index contributed by atoms with van der Waals surface area (Å²) in [5.41, 5.74) is 2.22. The van der Waals surface area contributed by atoms with Crippen molar-refractivity contribution in [3.63, 3.8) is 0 Å². The van der Waals surface area contributed by atoms with E-state index in [1.54, 1.807) is 7.05 Å². The van der Waals surface area contributed by atoms with Crippen LogP contribution in [0.5, 0.6) is 0 Å². The molecule has 148 valence electrons. The quantitative estimate of drug-likeness (QED) is 0.335. The van der Waals surface area contributed by atoms with Gasteiger partial charge in [-0.3, -0.25) is 4.99 Å². The lowest BCUT2D eigenvalue weighted by Gasteiger charge is -2.21. The molecule has 0 bridgehead atoms. The summed E-state index contributed by atoms with van der Waals surface area (Å²) >= 11 is 3.64. The van der Waals surface area contributed by atoms with Crippen molar-refractivity contribution in [3.05, 3.63) is 46.3 Å². The Morgan fingerprint density at radius 2 is 2.19 bits per heavy atom. The van der Waals surface area contributed by atoms with Gasteiger partial charge in [0.2, 0.25) is 0 Å². The van der Waals surface area contributed by atoms with E-state index in [4.69, 9.17) is 4.52 Å². The summed E-state index contributed by atoms with van der Waals surface area (Å²) in [6.45, 7) is 6.75. The van der Waals surface area contributed by atoms with Gasteiger partial charge in [-0.15, -0.1) is 24.0 Å². The molecule has 2 heterocycles. The first-order valence-electron chi connectivity index (χ1n) is 8.99. The molecule has 1 saturated heterocycles. The third kappa shape index (κ3) is 5.84. The lowest BCUT2D eigenvalue weighted by atomic mass is 10.1. The van der Waals surface area contributed by atoms with E-state index in [1.807, 2.05) is 12.1 Å². The van der Waals surface area contributed by atoms with Crippen LogP contribution in [0, 0.1) is 0 Å². The third-order valence-corrected chi connectivity index (χ3v) is 5.22. The summed E-state index contributed by atoms with van der Waals surface area (Å²) in [5, 5.41) is 10.9. The van der Waals surface area contributed by atoms with Crippen LogP contribution in [0.4, 0.5) is 5.69 Å². The first-order valence-corrected chi connectivity index (χ1v) is 9.78. The van der Waals surface area contributed by atoms with Crippen molar-refractivity contribution in [2.45, 2.75) is 38.8 Å². The molecule has 2 N–H and O–H groups in total. The molecule has 1 fully saturated rings. The van der Waals surface area contributed by atoms with E-state index in [2.05, 4.69) is 73.7 Å². The van der Waals surface area contributed by atoms with Crippen molar-refractivity contribution < 1.29 is 4.52 Å². The Labute approximate surface area is 186 Å². The zero-order chi connectivity index (χ0) is 18.5. The maximum absolute atomic E-state index is 5.37. The average Bonchev–Trinajstić information content (AvgIpc) is 3.28. The number of aliphatic imine (C=N–C) groups is 1. The summed E-state index contributed by atoms with van der Waals surface area (Å²) in [5.74, 6) is 1.97. The van der Waals surface area contributed by atoms with Crippen LogP contribution in [0.2, 0.25) is 0 Å². The molecule has 0 radical (unpaired) electrons. The molecule has 27 heavy (non-hydrogen) atoms. The number of anilines is 1. The SMILES string of the molecule is CN=C(NCc1cc(C(C)C)no1)NC1CCN(c2ccccc2Br)C1.I. The van der Waals surface area contributed by atoms with Crippen molar-refractivity contribution in [2.75, 3.05) is 25.0 Å². The van der Waals surface area contributed by atoms with Gasteiger partial charge < -0.3 is 20.1 Å². The van der Waals surface area contributed by atoms with Gasteiger partial charge in [-0.25, -0.2) is 0 Å². The van der Waals surface area contributed by atoms with E-state index < -0.39 is 0 Å². The number of guanidine groups is 1. The zero-order valence-electron chi connectivity index (χ0n) is 15.9. The van der Waals surface area contributed by atoms with Crippen LogP contribution in [0.25, 0.3) is 0 Å². The molecule has 1 aliphatic rings. The number of para-hydroxylation sites is 1. The summed E-state index contributed by atoms with van der Waals surface area (Å²) in [7, 11) is 1.79. The second-order valence-electron chi connectivity index (χ2n) is 6.83. The number of halogens is 2. The summed E-state index contributed by atoms with van der Waals surface area (Å²) < 4.78 is 6.50. The van der Waals surface area contributed by atoms with Crippen LogP contribution in [0.1, 0.15) is 37.6 Å². The minimum Gasteiger partial charge on any atom is -0.368 e. The van der Waals surface area contributed by atoms with E-state index in [9.17, 15) is 0 Å². The second kappa shape index (κ2) is 10.3. The van der Waals surface area contributed by atoms with E-state index in [1.165, 1.54) is 5.69 Å². The maximum Gasteiger partial charge on any atom is 0.191 e. The van der Waals surface area contributed by atoms with Gasteiger partial charge in [-0.05, 0) is 40.4 Å². The number of nitrogens with zero attached hydrogens (tertiary/aromatic N) is 3. The predicted octanol–water partition coefficient (Wildman–Crippen LogP) is 4.12. The fourth-order valence-electron chi connectivity index (χ4n) is 3.05. The Hall–Kier alpha value is -1.29. The first kappa shape index (κ1) is 22.0. The fraction of sp³-hybridized carbons (Fsp3) is 0.474. The lowest BCUT2D eigenvalue weighted by molar-refractivity contribution is 0.371. The standard InChI is InChI=1S/C19H26BrN5O.HI/c1-13(2)17-10-15(26-24-17)11-22-19(21-3)23-14-8-9-25(12-14)18-7-5-4-6-16(18)20;/h4-7,10,13-14H,8-9,11-12H2,1-3H3,(H2,21,22,23);1H. The van der Waals surface area contributed by atoms with Crippen molar-refractivity contribution in [3.8, 4) is 0 Å². The van der Waals surface area contributed by atoms with Gasteiger partial charge in [0.05, 0.1) is 17.9 Å². The molecule has 3 rings (SSSR count). The minimum atomic E-state index is 0. The Bertz CT molecular complexity index is 764. The summed E-state index contributed by atoms with van der Waals surface area (Å²) in [6, 6.07) is 10.7. The largest absolute Gasteiger partial charge is 0.368 e. The Morgan fingerprint density at radius 3 is 2.85 bits per heavy atom. The molecule has 1 aromatic heterocycles. The monoisotopic (exact) mass is 547 g/mol. The molecule has 0 spiro atoms. The Kier molecular flexibility index (Phi) is 8.40. The third-order valence-electron chi connectivity index (χ3n) is 4.54. The van der Waals surface area contributed by atoms with Crippen LogP contribution < -0.4 is 15.5 Å². The van der Waals surface area contributed by atoms with Crippen molar-refractivity contribution in [1.82, 2.24) is 15.8 Å². The van der Waals surface area contributed by atoms with Gasteiger partial charge in [0.25, 0.3) is 0 Å². The van der Waals surface area contributed by atoms with Crippen LogP contribution in [-0.4, -0.2) is 37.3 Å². The molecular formula is C19H27BrIN5O. The number of nitrogens with one attached hydrogen (secondary N) is 2. The molecular weight excluding hydrogens is 521 g/mol. The molecule has 1 atom stereocenters. The highest BCUT2D eigenvalue weighted by Gasteiger charge is 2.24. The number of benzene rings is 1. The highest BCUT2D eigenvalue weighted by Crippen LogP contribution is 2.28. The Balaban J connectivity index is 0.00000261. The van der Waals surface area contributed by atoms with Crippen LogP contribution in [0.15, 0.2) is 44.3 Å². The van der Waals surface area contributed by atoms with Gasteiger partial charge in [-0.2, -0.15) is 0 Å². The van der Waals surface area contributed by atoms with Gasteiger partial charge in [0.15, 0.2) is 11.7 Å². The van der Waals surface area contributed by atoms with E-state index >= 15 is 0 Å².